The van der Waals surface area contributed by atoms with Crippen LogP contribution in [0.4, 0.5) is 0 Å². The first-order valence-electron chi connectivity index (χ1n) is 5.09. The molecule has 0 aliphatic rings. The van der Waals surface area contributed by atoms with Crippen LogP contribution in [0.2, 0.25) is 0 Å². The summed E-state index contributed by atoms with van der Waals surface area (Å²) < 4.78 is 5.04. The molecule has 2 unspecified atom stereocenters. The Morgan fingerprint density at radius 1 is 1.47 bits per heavy atom. The Morgan fingerprint density at radius 2 is 2.07 bits per heavy atom. The molecule has 0 aliphatic heterocycles. The fourth-order valence-corrected chi connectivity index (χ4v) is 2.12. The second kappa shape index (κ2) is 7.96. The molecule has 4 nitrogen and oxygen atoms in total. The Kier molecular flexibility index (Phi) is 7.82. The van der Waals surface area contributed by atoms with Crippen molar-refractivity contribution in [2.24, 2.45) is 5.92 Å². The van der Waals surface area contributed by atoms with Crippen LogP contribution in [0.5, 0.6) is 0 Å². The maximum absolute atomic E-state index is 10.8. The van der Waals surface area contributed by atoms with Crippen LogP contribution < -0.4 is 0 Å². The van der Waals surface area contributed by atoms with Crippen molar-refractivity contribution in [2.75, 3.05) is 19.0 Å². The molecule has 0 aromatic heterocycles. The highest BCUT2D eigenvalue weighted by molar-refractivity contribution is 8.00. The number of thioether (sulfide) groups is 1. The third kappa shape index (κ3) is 6.76. The molecule has 0 saturated carbocycles. The van der Waals surface area contributed by atoms with Gasteiger partial charge < -0.3 is 14.9 Å². The highest BCUT2D eigenvalue weighted by atomic mass is 32.2. The monoisotopic (exact) mass is 236 g/mol. The number of hydrogen-bond donors (Lipinski definition) is 2. The lowest BCUT2D eigenvalue weighted by atomic mass is 10.1. The van der Waals surface area contributed by atoms with Crippen LogP contribution >= 0.6 is 11.8 Å². The third-order valence-corrected chi connectivity index (χ3v) is 3.51. The standard InChI is InChI=1S/C10H20O4S/c1-4-14-5-8(11)6-15-9(7(2)3)10(12)13/h7-9,11H,4-6H2,1-3H3,(H,12,13). The molecule has 0 rings (SSSR count). The summed E-state index contributed by atoms with van der Waals surface area (Å²) in [4.78, 5) is 10.8. The van der Waals surface area contributed by atoms with Gasteiger partial charge in [-0.15, -0.1) is 11.8 Å². The Balaban J connectivity index is 3.84. The summed E-state index contributed by atoms with van der Waals surface area (Å²) in [6, 6.07) is 0. The van der Waals surface area contributed by atoms with Crippen molar-refractivity contribution >= 4 is 17.7 Å². The maximum atomic E-state index is 10.8. The minimum absolute atomic E-state index is 0.0618. The van der Waals surface area contributed by atoms with E-state index in [-0.39, 0.29) is 12.5 Å². The molecule has 0 radical (unpaired) electrons. The first-order chi connectivity index (χ1) is 6.99. The first-order valence-corrected chi connectivity index (χ1v) is 6.14. The van der Waals surface area contributed by atoms with E-state index in [9.17, 15) is 9.90 Å². The summed E-state index contributed by atoms with van der Waals surface area (Å²) in [7, 11) is 0. The van der Waals surface area contributed by atoms with Gasteiger partial charge in [-0.3, -0.25) is 4.79 Å². The molecular weight excluding hydrogens is 216 g/mol. The van der Waals surface area contributed by atoms with Gasteiger partial charge in [0.1, 0.15) is 5.25 Å². The Bertz CT molecular complexity index is 184. The fraction of sp³-hybridized carbons (Fsp3) is 0.900. The van der Waals surface area contributed by atoms with E-state index in [1.54, 1.807) is 0 Å². The quantitative estimate of drug-likeness (QED) is 0.663. The van der Waals surface area contributed by atoms with Crippen molar-refractivity contribution in [1.82, 2.24) is 0 Å². The van der Waals surface area contributed by atoms with Gasteiger partial charge in [-0.1, -0.05) is 13.8 Å². The Labute approximate surface area is 95.0 Å². The number of hydrogen-bond acceptors (Lipinski definition) is 4. The number of aliphatic hydroxyl groups excluding tert-OH is 1. The zero-order valence-corrected chi connectivity index (χ0v) is 10.3. The van der Waals surface area contributed by atoms with Gasteiger partial charge in [-0.2, -0.15) is 0 Å². The Morgan fingerprint density at radius 3 is 2.47 bits per heavy atom. The molecule has 0 aliphatic carbocycles. The van der Waals surface area contributed by atoms with E-state index >= 15 is 0 Å². The predicted molar refractivity (Wildman–Crippen MR) is 61.2 cm³/mol. The van der Waals surface area contributed by atoms with Crippen molar-refractivity contribution in [3.05, 3.63) is 0 Å². The zero-order chi connectivity index (χ0) is 11.8. The SMILES string of the molecule is CCOCC(O)CSC(C(=O)O)C(C)C. The van der Waals surface area contributed by atoms with Crippen LogP contribution in [0, 0.1) is 5.92 Å². The molecule has 15 heavy (non-hydrogen) atoms. The van der Waals surface area contributed by atoms with Gasteiger partial charge in [0.05, 0.1) is 12.7 Å². The predicted octanol–water partition coefficient (Wildman–Crippen LogP) is 1.23. The molecule has 0 amide bonds. The van der Waals surface area contributed by atoms with Crippen LogP contribution in [-0.2, 0) is 9.53 Å². The van der Waals surface area contributed by atoms with Crippen molar-refractivity contribution in [2.45, 2.75) is 32.1 Å². The number of carboxylic acids is 1. The summed E-state index contributed by atoms with van der Waals surface area (Å²) >= 11 is 1.27. The number of carbonyl (C=O) groups is 1. The molecule has 0 spiro atoms. The highest BCUT2D eigenvalue weighted by Crippen LogP contribution is 2.20. The lowest BCUT2D eigenvalue weighted by Crippen LogP contribution is -2.26. The van der Waals surface area contributed by atoms with Gasteiger partial charge in [-0.25, -0.2) is 0 Å². The lowest BCUT2D eigenvalue weighted by Gasteiger charge is -2.17. The molecule has 0 heterocycles. The smallest absolute Gasteiger partial charge is 0.316 e. The van der Waals surface area contributed by atoms with E-state index < -0.39 is 17.3 Å². The Hall–Kier alpha value is -0.260. The average molecular weight is 236 g/mol. The summed E-state index contributed by atoms with van der Waals surface area (Å²) in [5.41, 5.74) is 0. The van der Waals surface area contributed by atoms with Crippen molar-refractivity contribution < 1.29 is 19.7 Å². The summed E-state index contributed by atoms with van der Waals surface area (Å²) in [6.07, 6.45) is -0.587. The molecule has 2 atom stereocenters. The topological polar surface area (TPSA) is 66.8 Å². The normalized spacial score (nSPS) is 15.3. The molecule has 0 saturated heterocycles. The molecule has 0 aromatic rings. The third-order valence-electron chi connectivity index (χ3n) is 1.83. The zero-order valence-electron chi connectivity index (χ0n) is 9.47. The summed E-state index contributed by atoms with van der Waals surface area (Å²) in [6.45, 7) is 6.41. The van der Waals surface area contributed by atoms with E-state index in [1.165, 1.54) is 11.8 Å². The van der Waals surface area contributed by atoms with Gasteiger partial charge in [-0.05, 0) is 12.8 Å². The van der Waals surface area contributed by atoms with Crippen LogP contribution in [0.25, 0.3) is 0 Å². The molecular formula is C10H20O4S. The highest BCUT2D eigenvalue weighted by Gasteiger charge is 2.22. The summed E-state index contributed by atoms with van der Waals surface area (Å²) in [5, 5.41) is 17.9. The van der Waals surface area contributed by atoms with Crippen LogP contribution in [-0.4, -0.2) is 46.5 Å². The molecule has 90 valence electrons. The number of ether oxygens (including phenoxy) is 1. The van der Waals surface area contributed by atoms with E-state index in [4.69, 9.17) is 9.84 Å². The van der Waals surface area contributed by atoms with Crippen molar-refractivity contribution in [1.29, 1.82) is 0 Å². The molecule has 2 N–H and O–H groups in total. The first kappa shape index (κ1) is 14.7. The van der Waals surface area contributed by atoms with E-state index in [0.29, 0.717) is 12.4 Å². The van der Waals surface area contributed by atoms with E-state index in [1.807, 2.05) is 20.8 Å². The fourth-order valence-electron chi connectivity index (χ4n) is 1.07. The van der Waals surface area contributed by atoms with Gasteiger partial charge >= 0.3 is 5.97 Å². The van der Waals surface area contributed by atoms with Crippen LogP contribution in [0.15, 0.2) is 0 Å². The minimum atomic E-state index is -0.821. The van der Waals surface area contributed by atoms with Crippen molar-refractivity contribution in [3.63, 3.8) is 0 Å². The number of rotatable bonds is 8. The van der Waals surface area contributed by atoms with Crippen LogP contribution in [0.3, 0.4) is 0 Å². The largest absolute Gasteiger partial charge is 0.480 e. The number of aliphatic hydroxyl groups is 1. The second-order valence-corrected chi connectivity index (χ2v) is 4.82. The molecule has 0 fully saturated rings. The molecule has 5 heteroatoms. The number of carboxylic acid groups (broad SMARTS) is 1. The molecule has 0 bridgehead atoms. The summed E-state index contributed by atoms with van der Waals surface area (Å²) in [5.74, 6) is -0.361. The van der Waals surface area contributed by atoms with Gasteiger partial charge in [0, 0.05) is 12.4 Å². The van der Waals surface area contributed by atoms with E-state index in [2.05, 4.69) is 0 Å². The van der Waals surface area contributed by atoms with Gasteiger partial charge in [0.2, 0.25) is 0 Å². The van der Waals surface area contributed by atoms with Crippen LogP contribution in [0.1, 0.15) is 20.8 Å². The second-order valence-electron chi connectivity index (χ2n) is 3.65. The lowest BCUT2D eigenvalue weighted by molar-refractivity contribution is -0.137. The van der Waals surface area contributed by atoms with Gasteiger partial charge in [0.25, 0.3) is 0 Å². The minimum Gasteiger partial charge on any atom is -0.480 e. The van der Waals surface area contributed by atoms with E-state index in [0.717, 1.165) is 0 Å². The van der Waals surface area contributed by atoms with Crippen molar-refractivity contribution in [3.8, 4) is 0 Å². The average Bonchev–Trinajstić information content (AvgIpc) is 2.13. The van der Waals surface area contributed by atoms with Gasteiger partial charge in [0.15, 0.2) is 0 Å². The maximum Gasteiger partial charge on any atom is 0.316 e. The number of aliphatic carboxylic acids is 1. The molecule has 0 aromatic carbocycles.